The van der Waals surface area contributed by atoms with Crippen molar-refractivity contribution in [3.8, 4) is 11.1 Å². The molecule has 4 aromatic rings. The minimum absolute atomic E-state index is 0.826. The molecule has 3 aromatic heterocycles. The van der Waals surface area contributed by atoms with E-state index in [1.54, 1.807) is 0 Å². The molecule has 2 N–H and O–H groups in total. The summed E-state index contributed by atoms with van der Waals surface area (Å²) >= 11 is 14.9. The maximum absolute atomic E-state index is 4.90. The Labute approximate surface area is 235 Å². The Morgan fingerprint density at radius 3 is 1.94 bits per heavy atom. The fraction of sp³-hybridized carbons (Fsp3) is 0.0370. The fourth-order valence-corrected chi connectivity index (χ4v) is 6.17. The predicted octanol–water partition coefficient (Wildman–Crippen LogP) is 9.68. The second-order valence-corrected chi connectivity index (χ2v) is 11.6. The number of nitrogens with one attached hydrogen (secondary N) is 2. The van der Waals surface area contributed by atoms with Gasteiger partial charge in [-0.1, -0.05) is 22.0 Å². The van der Waals surface area contributed by atoms with Crippen LogP contribution < -0.4 is 0 Å². The fourth-order valence-electron chi connectivity index (χ4n) is 4.27. The SMILES string of the molecule is Cc1cc(Br)ccc1-c1cc2cc3ccc([nH]3)c(Br)c3nc(c(Br)c4nc(c(Br)c1[nH]2)C=C4)C=C3. The van der Waals surface area contributed by atoms with Gasteiger partial charge in [0.25, 0.3) is 0 Å². The molecule has 1 aromatic carbocycles. The molecule has 0 aliphatic carbocycles. The van der Waals surface area contributed by atoms with Crippen LogP contribution in [-0.2, 0) is 0 Å². The molecule has 0 saturated carbocycles. The zero-order valence-corrected chi connectivity index (χ0v) is 24.6. The molecule has 8 bridgehead atoms. The first-order chi connectivity index (χ1) is 16.9. The first kappa shape index (κ1) is 23.2. The summed E-state index contributed by atoms with van der Waals surface area (Å²) in [6, 6.07) is 14.8. The van der Waals surface area contributed by atoms with Crippen molar-refractivity contribution in [1.82, 2.24) is 19.9 Å². The van der Waals surface area contributed by atoms with Gasteiger partial charge in [0.05, 0.1) is 47.2 Å². The lowest BCUT2D eigenvalue weighted by Gasteiger charge is -2.06. The van der Waals surface area contributed by atoms with Crippen LogP contribution in [0.15, 0.2) is 60.4 Å². The Morgan fingerprint density at radius 1 is 0.600 bits per heavy atom. The summed E-state index contributed by atoms with van der Waals surface area (Å²) in [6.45, 7) is 2.13. The first-order valence-corrected chi connectivity index (χ1v) is 13.9. The number of halogens is 4. The first-order valence-electron chi connectivity index (χ1n) is 10.8. The third-order valence-electron chi connectivity index (χ3n) is 5.97. The van der Waals surface area contributed by atoms with E-state index in [1.165, 1.54) is 5.56 Å². The summed E-state index contributed by atoms with van der Waals surface area (Å²) in [5.41, 5.74) is 10.7. The lowest BCUT2D eigenvalue weighted by molar-refractivity contribution is 1.24. The summed E-state index contributed by atoms with van der Waals surface area (Å²) in [7, 11) is 0. The highest BCUT2D eigenvalue weighted by molar-refractivity contribution is 9.11. The second kappa shape index (κ2) is 9.00. The molecule has 0 spiro atoms. The molecule has 0 unspecified atom stereocenters. The van der Waals surface area contributed by atoms with Gasteiger partial charge in [-0.2, -0.15) is 0 Å². The summed E-state index contributed by atoms with van der Waals surface area (Å²) < 4.78 is 3.71. The van der Waals surface area contributed by atoms with Crippen molar-refractivity contribution in [1.29, 1.82) is 0 Å². The van der Waals surface area contributed by atoms with Crippen LogP contribution in [0.25, 0.3) is 57.5 Å². The average molecular weight is 716 g/mol. The number of H-pyrrole nitrogens is 2. The number of aromatic amines is 2. The number of nitrogens with zero attached hydrogens (tertiary/aromatic N) is 2. The molecule has 35 heavy (non-hydrogen) atoms. The molecule has 0 radical (unpaired) electrons. The molecule has 2 aliphatic heterocycles. The van der Waals surface area contributed by atoms with Crippen LogP contribution in [0.5, 0.6) is 0 Å². The van der Waals surface area contributed by atoms with Crippen LogP contribution in [0.3, 0.4) is 0 Å². The molecule has 0 saturated heterocycles. The van der Waals surface area contributed by atoms with E-state index in [9.17, 15) is 0 Å². The van der Waals surface area contributed by atoms with Crippen molar-refractivity contribution >= 4 is 110 Å². The molecular formula is C27H16Br4N4. The molecule has 0 fully saturated rings. The molecule has 4 nitrogen and oxygen atoms in total. The third kappa shape index (κ3) is 4.20. The lowest BCUT2D eigenvalue weighted by Crippen LogP contribution is -1.85. The van der Waals surface area contributed by atoms with Gasteiger partial charge in [0.15, 0.2) is 0 Å². The van der Waals surface area contributed by atoms with Crippen LogP contribution in [0.2, 0.25) is 0 Å². The van der Waals surface area contributed by atoms with E-state index < -0.39 is 0 Å². The van der Waals surface area contributed by atoms with Crippen molar-refractivity contribution in [2.24, 2.45) is 0 Å². The molecule has 0 atom stereocenters. The number of aryl methyl sites for hydroxylation is 1. The maximum atomic E-state index is 4.90. The minimum Gasteiger partial charge on any atom is -0.354 e. The van der Waals surface area contributed by atoms with Gasteiger partial charge in [0, 0.05) is 21.1 Å². The topological polar surface area (TPSA) is 57.4 Å². The third-order valence-corrected chi connectivity index (χ3v) is 8.91. The number of hydrogen-bond donors (Lipinski definition) is 2. The molecule has 8 heteroatoms. The van der Waals surface area contributed by atoms with Gasteiger partial charge < -0.3 is 9.97 Å². The van der Waals surface area contributed by atoms with Crippen molar-refractivity contribution in [2.45, 2.75) is 6.92 Å². The molecule has 172 valence electrons. The van der Waals surface area contributed by atoms with E-state index in [2.05, 4.69) is 123 Å². The van der Waals surface area contributed by atoms with E-state index in [0.29, 0.717) is 0 Å². The Balaban J connectivity index is 1.76. The minimum atomic E-state index is 0.826. The number of fused-ring (bicyclic) bond motifs is 8. The molecule has 0 amide bonds. The number of hydrogen-bond acceptors (Lipinski definition) is 2. The van der Waals surface area contributed by atoms with E-state index in [4.69, 9.17) is 9.97 Å². The Morgan fingerprint density at radius 2 is 1.26 bits per heavy atom. The van der Waals surface area contributed by atoms with Gasteiger partial charge in [-0.05, 0) is 127 Å². The lowest BCUT2D eigenvalue weighted by atomic mass is 10.0. The summed E-state index contributed by atoms with van der Waals surface area (Å²) in [4.78, 5) is 16.8. The highest BCUT2D eigenvalue weighted by atomic mass is 79.9. The molecule has 2 aliphatic rings. The Kier molecular flexibility index (Phi) is 5.95. The van der Waals surface area contributed by atoms with Crippen molar-refractivity contribution in [2.75, 3.05) is 0 Å². The number of rotatable bonds is 1. The van der Waals surface area contributed by atoms with Crippen LogP contribution in [0.1, 0.15) is 28.3 Å². The Bertz CT molecular complexity index is 1760. The number of aromatic nitrogens is 4. The van der Waals surface area contributed by atoms with E-state index in [-0.39, 0.29) is 0 Å². The van der Waals surface area contributed by atoms with E-state index in [0.717, 1.165) is 73.9 Å². The van der Waals surface area contributed by atoms with Gasteiger partial charge in [-0.25, -0.2) is 9.97 Å². The smallest absolute Gasteiger partial charge is 0.0802 e. The quantitative estimate of drug-likeness (QED) is 0.178. The van der Waals surface area contributed by atoms with Gasteiger partial charge in [0.1, 0.15) is 0 Å². The summed E-state index contributed by atoms with van der Waals surface area (Å²) in [5.74, 6) is 0. The van der Waals surface area contributed by atoms with Crippen LogP contribution in [0.4, 0.5) is 0 Å². The van der Waals surface area contributed by atoms with Crippen LogP contribution in [0, 0.1) is 6.92 Å². The number of benzene rings is 1. The van der Waals surface area contributed by atoms with Gasteiger partial charge in [0.2, 0.25) is 0 Å². The summed E-state index contributed by atoms with van der Waals surface area (Å²) in [5, 5.41) is 0. The molecule has 6 rings (SSSR count). The monoisotopic (exact) mass is 712 g/mol. The van der Waals surface area contributed by atoms with E-state index in [1.807, 2.05) is 24.3 Å². The van der Waals surface area contributed by atoms with Gasteiger partial charge in [-0.3, -0.25) is 0 Å². The van der Waals surface area contributed by atoms with Crippen molar-refractivity contribution < 1.29 is 0 Å². The molecular weight excluding hydrogens is 700 g/mol. The zero-order valence-electron chi connectivity index (χ0n) is 18.3. The molecule has 5 heterocycles. The van der Waals surface area contributed by atoms with Gasteiger partial charge in [-0.15, -0.1) is 0 Å². The van der Waals surface area contributed by atoms with Gasteiger partial charge >= 0.3 is 0 Å². The normalized spacial score (nSPS) is 12.5. The zero-order chi connectivity index (χ0) is 24.3. The van der Waals surface area contributed by atoms with Crippen LogP contribution >= 0.6 is 63.7 Å². The van der Waals surface area contributed by atoms with Crippen molar-refractivity contribution in [3.05, 3.63) is 88.7 Å². The highest BCUT2D eigenvalue weighted by Gasteiger charge is 2.15. The van der Waals surface area contributed by atoms with E-state index >= 15 is 0 Å². The standard InChI is InChI=1S/C27H16Br4N4/c1-13-10-14(28)2-4-17(13)18-12-16-11-15-3-5-19(32-15)24(29)20-6-7-21(34-20)25(30)22-8-9-23(35-22)26(31)27(18)33-16/h2-12,32-33H,1H3. The van der Waals surface area contributed by atoms with Crippen LogP contribution in [-0.4, -0.2) is 19.9 Å². The Hall–Kier alpha value is -2.26. The second-order valence-electron chi connectivity index (χ2n) is 8.32. The highest BCUT2D eigenvalue weighted by Crippen LogP contribution is 2.37. The average Bonchev–Trinajstić information content (AvgIpc) is 3.64. The van der Waals surface area contributed by atoms with Crippen molar-refractivity contribution in [3.63, 3.8) is 0 Å². The largest absolute Gasteiger partial charge is 0.354 e. The predicted molar refractivity (Wildman–Crippen MR) is 160 cm³/mol. The summed E-state index contributed by atoms with van der Waals surface area (Å²) in [6.07, 6.45) is 8.01. The maximum Gasteiger partial charge on any atom is 0.0802 e.